The Morgan fingerprint density at radius 1 is 1.24 bits per heavy atom. The first-order valence-electron chi connectivity index (χ1n) is 7.53. The average molecular weight is 296 g/mol. The second kappa shape index (κ2) is 8.85. The van der Waals surface area contributed by atoms with Crippen LogP contribution in [-0.2, 0) is 17.8 Å². The van der Waals surface area contributed by atoms with Crippen molar-refractivity contribution in [1.29, 1.82) is 0 Å². The van der Waals surface area contributed by atoms with Crippen molar-refractivity contribution in [2.24, 2.45) is 5.92 Å². The molecule has 0 atom stereocenters. The molecule has 0 aliphatic heterocycles. The largest absolute Gasteiger partial charge is 0.481 e. The van der Waals surface area contributed by atoms with E-state index in [4.69, 9.17) is 9.52 Å². The summed E-state index contributed by atoms with van der Waals surface area (Å²) >= 11 is 0. The highest BCUT2D eigenvalue weighted by atomic mass is 16.4. The van der Waals surface area contributed by atoms with Crippen LogP contribution in [0.15, 0.2) is 16.5 Å². The van der Waals surface area contributed by atoms with Crippen LogP contribution in [0.25, 0.3) is 0 Å². The van der Waals surface area contributed by atoms with E-state index < -0.39 is 5.97 Å². The lowest BCUT2D eigenvalue weighted by Gasteiger charge is -2.24. The van der Waals surface area contributed by atoms with Gasteiger partial charge in [-0.25, -0.2) is 0 Å². The Hall–Kier alpha value is -1.33. The third-order valence-electron chi connectivity index (χ3n) is 3.17. The number of aryl methyl sites for hydroxylation is 1. The minimum Gasteiger partial charge on any atom is -0.481 e. The summed E-state index contributed by atoms with van der Waals surface area (Å²) in [6.45, 7) is 8.24. The number of hydrogen-bond acceptors (Lipinski definition) is 4. The first-order valence-corrected chi connectivity index (χ1v) is 7.53. The molecular formula is C16H28N2O3. The Bertz CT molecular complexity index is 427. The van der Waals surface area contributed by atoms with Crippen molar-refractivity contribution >= 4 is 5.97 Å². The molecule has 0 unspecified atom stereocenters. The molecule has 0 aliphatic carbocycles. The topological polar surface area (TPSA) is 56.9 Å². The third-order valence-corrected chi connectivity index (χ3v) is 3.17. The van der Waals surface area contributed by atoms with Gasteiger partial charge in [0.15, 0.2) is 0 Å². The average Bonchev–Trinajstić information content (AvgIpc) is 2.80. The van der Waals surface area contributed by atoms with Crippen molar-refractivity contribution in [2.45, 2.75) is 33.2 Å². The van der Waals surface area contributed by atoms with Gasteiger partial charge in [0.25, 0.3) is 0 Å². The zero-order valence-corrected chi connectivity index (χ0v) is 13.6. The molecular weight excluding hydrogens is 268 g/mol. The van der Waals surface area contributed by atoms with Gasteiger partial charge in [-0.2, -0.15) is 0 Å². The molecule has 0 radical (unpaired) electrons. The number of nitrogens with zero attached hydrogens (tertiary/aromatic N) is 2. The minimum absolute atomic E-state index is 0.114. The predicted molar refractivity (Wildman–Crippen MR) is 83.3 cm³/mol. The second-order valence-electron chi connectivity index (χ2n) is 6.19. The SMILES string of the molecule is CC(C)CN(CCN(C)C)Cc1ccc(CCC(=O)O)o1. The van der Waals surface area contributed by atoms with Crippen LogP contribution in [0.2, 0.25) is 0 Å². The molecule has 0 saturated heterocycles. The second-order valence-corrected chi connectivity index (χ2v) is 6.19. The van der Waals surface area contributed by atoms with E-state index in [0.717, 1.165) is 37.7 Å². The summed E-state index contributed by atoms with van der Waals surface area (Å²) in [5.41, 5.74) is 0. The summed E-state index contributed by atoms with van der Waals surface area (Å²) in [7, 11) is 4.15. The molecule has 0 spiro atoms. The quantitative estimate of drug-likeness (QED) is 0.718. The van der Waals surface area contributed by atoms with Crippen molar-refractivity contribution in [1.82, 2.24) is 9.80 Å². The maximum absolute atomic E-state index is 10.6. The maximum atomic E-state index is 10.6. The number of carboxylic acids is 1. The first-order chi connectivity index (χ1) is 9.86. The van der Waals surface area contributed by atoms with Crippen molar-refractivity contribution in [3.05, 3.63) is 23.7 Å². The number of carboxylic acid groups (broad SMARTS) is 1. The van der Waals surface area contributed by atoms with Gasteiger partial charge in [0.05, 0.1) is 13.0 Å². The van der Waals surface area contributed by atoms with Crippen LogP contribution in [0.4, 0.5) is 0 Å². The fourth-order valence-corrected chi connectivity index (χ4v) is 2.18. The molecule has 0 aromatic carbocycles. The summed E-state index contributed by atoms with van der Waals surface area (Å²) in [6, 6.07) is 3.85. The maximum Gasteiger partial charge on any atom is 0.303 e. The molecule has 5 nitrogen and oxygen atoms in total. The molecule has 1 heterocycles. The Labute approximate surface area is 127 Å². The molecule has 0 bridgehead atoms. The van der Waals surface area contributed by atoms with Crippen LogP contribution in [0.3, 0.4) is 0 Å². The molecule has 5 heteroatoms. The Kier molecular flexibility index (Phi) is 7.47. The van der Waals surface area contributed by atoms with E-state index in [1.165, 1.54) is 0 Å². The molecule has 120 valence electrons. The highest BCUT2D eigenvalue weighted by molar-refractivity contribution is 5.66. The number of furan rings is 1. The number of aliphatic carboxylic acids is 1. The van der Waals surface area contributed by atoms with E-state index in [2.05, 4.69) is 37.7 Å². The van der Waals surface area contributed by atoms with Gasteiger partial charge in [-0.05, 0) is 32.1 Å². The highest BCUT2D eigenvalue weighted by Gasteiger charge is 2.12. The zero-order chi connectivity index (χ0) is 15.8. The van der Waals surface area contributed by atoms with Gasteiger partial charge >= 0.3 is 5.97 Å². The molecule has 1 aromatic rings. The lowest BCUT2D eigenvalue weighted by atomic mass is 10.2. The molecule has 1 aromatic heterocycles. The number of rotatable bonds is 10. The zero-order valence-electron chi connectivity index (χ0n) is 13.6. The Balaban J connectivity index is 2.54. The van der Waals surface area contributed by atoms with E-state index in [1.54, 1.807) is 0 Å². The fourth-order valence-electron chi connectivity index (χ4n) is 2.18. The summed E-state index contributed by atoms with van der Waals surface area (Å²) in [6.07, 6.45) is 0.570. The van der Waals surface area contributed by atoms with Crippen molar-refractivity contribution < 1.29 is 14.3 Å². The molecule has 0 saturated carbocycles. The van der Waals surface area contributed by atoms with Crippen molar-refractivity contribution in [3.8, 4) is 0 Å². The van der Waals surface area contributed by atoms with E-state index in [1.807, 2.05) is 12.1 Å². The van der Waals surface area contributed by atoms with Gasteiger partial charge in [-0.15, -0.1) is 0 Å². The number of hydrogen-bond donors (Lipinski definition) is 1. The highest BCUT2D eigenvalue weighted by Crippen LogP contribution is 2.13. The molecule has 1 N–H and O–H groups in total. The molecule has 0 fully saturated rings. The minimum atomic E-state index is -0.791. The lowest BCUT2D eigenvalue weighted by Crippen LogP contribution is -2.33. The third kappa shape index (κ3) is 7.87. The first kappa shape index (κ1) is 17.7. The van der Waals surface area contributed by atoms with Gasteiger partial charge in [0.2, 0.25) is 0 Å². The van der Waals surface area contributed by atoms with Gasteiger partial charge < -0.3 is 14.4 Å². The van der Waals surface area contributed by atoms with Crippen LogP contribution in [0.5, 0.6) is 0 Å². The predicted octanol–water partition coefficient (Wildman–Crippen LogP) is 2.32. The lowest BCUT2D eigenvalue weighted by molar-refractivity contribution is -0.137. The molecule has 21 heavy (non-hydrogen) atoms. The Morgan fingerprint density at radius 2 is 1.90 bits per heavy atom. The van der Waals surface area contributed by atoms with Crippen LogP contribution >= 0.6 is 0 Å². The van der Waals surface area contributed by atoms with E-state index in [-0.39, 0.29) is 6.42 Å². The number of carbonyl (C=O) groups is 1. The van der Waals surface area contributed by atoms with Gasteiger partial charge in [-0.1, -0.05) is 13.8 Å². The smallest absolute Gasteiger partial charge is 0.303 e. The van der Waals surface area contributed by atoms with Gasteiger partial charge in [0.1, 0.15) is 11.5 Å². The van der Waals surface area contributed by atoms with Crippen LogP contribution in [-0.4, -0.2) is 54.6 Å². The monoisotopic (exact) mass is 296 g/mol. The van der Waals surface area contributed by atoms with Crippen molar-refractivity contribution in [3.63, 3.8) is 0 Å². The number of likely N-dealkylation sites (N-methyl/N-ethyl adjacent to an activating group) is 1. The standard InChI is InChI=1S/C16H28N2O3/c1-13(2)11-18(10-9-17(3)4)12-15-6-5-14(21-15)7-8-16(19)20/h5-6,13H,7-12H2,1-4H3,(H,19,20). The van der Waals surface area contributed by atoms with Gasteiger partial charge in [0, 0.05) is 26.1 Å². The summed E-state index contributed by atoms with van der Waals surface area (Å²) in [5, 5.41) is 8.69. The van der Waals surface area contributed by atoms with E-state index in [9.17, 15) is 4.79 Å². The van der Waals surface area contributed by atoms with Gasteiger partial charge in [-0.3, -0.25) is 9.69 Å². The van der Waals surface area contributed by atoms with E-state index in [0.29, 0.717) is 12.3 Å². The summed E-state index contributed by atoms with van der Waals surface area (Å²) in [5.74, 6) is 1.48. The summed E-state index contributed by atoms with van der Waals surface area (Å²) in [4.78, 5) is 15.1. The van der Waals surface area contributed by atoms with Crippen LogP contribution in [0.1, 0.15) is 31.8 Å². The Morgan fingerprint density at radius 3 is 2.48 bits per heavy atom. The summed E-state index contributed by atoms with van der Waals surface area (Å²) < 4.78 is 5.73. The van der Waals surface area contributed by atoms with Crippen LogP contribution < -0.4 is 0 Å². The normalized spacial score (nSPS) is 11.8. The van der Waals surface area contributed by atoms with Crippen LogP contribution in [0, 0.1) is 5.92 Å². The van der Waals surface area contributed by atoms with E-state index >= 15 is 0 Å². The van der Waals surface area contributed by atoms with Crippen molar-refractivity contribution in [2.75, 3.05) is 33.7 Å². The molecule has 1 rings (SSSR count). The fraction of sp³-hybridized carbons (Fsp3) is 0.688. The molecule has 0 aliphatic rings. The molecule has 0 amide bonds.